The molecule has 0 aliphatic rings. The van der Waals surface area contributed by atoms with Crippen molar-refractivity contribution in [3.63, 3.8) is 0 Å². The number of rotatable bonds is 12. The molecule has 0 N–H and O–H groups in total. The topological polar surface area (TPSA) is 0 Å². The molecule has 0 fully saturated rings. The van der Waals surface area contributed by atoms with Gasteiger partial charge >= 0.3 is 0 Å². The van der Waals surface area contributed by atoms with E-state index in [4.69, 9.17) is 0 Å². The van der Waals surface area contributed by atoms with Gasteiger partial charge in [0, 0.05) is 0 Å². The van der Waals surface area contributed by atoms with Crippen molar-refractivity contribution < 1.29 is 0 Å². The van der Waals surface area contributed by atoms with Crippen molar-refractivity contribution >= 4 is 17.2 Å². The molecule has 0 saturated carbocycles. The molecular formula is C17H42P2. The smallest absolute Gasteiger partial charge is 0.0354 e. The third-order valence-electron chi connectivity index (χ3n) is 2.83. The predicted octanol–water partition coefficient (Wildman–Crippen LogP) is 7.17. The van der Waals surface area contributed by atoms with Crippen LogP contribution in [0.25, 0.3) is 0 Å². The van der Waals surface area contributed by atoms with Gasteiger partial charge in [-0.25, -0.2) is 0 Å². The summed E-state index contributed by atoms with van der Waals surface area (Å²) in [4.78, 5) is 0. The Hall–Kier alpha value is 0.860. The Morgan fingerprint density at radius 2 is 0.684 bits per heavy atom. The SMILES string of the molecule is C.CCCCPCCCC.CCCCPCCCC. The number of hydrogen-bond acceptors (Lipinski definition) is 0. The van der Waals surface area contributed by atoms with E-state index in [1.807, 2.05) is 0 Å². The zero-order valence-electron chi connectivity index (χ0n) is 13.5. The Morgan fingerprint density at radius 1 is 0.474 bits per heavy atom. The summed E-state index contributed by atoms with van der Waals surface area (Å²) in [6.45, 7) is 9.07. The predicted molar refractivity (Wildman–Crippen MR) is 102 cm³/mol. The van der Waals surface area contributed by atoms with Crippen LogP contribution in [0.15, 0.2) is 0 Å². The summed E-state index contributed by atoms with van der Waals surface area (Å²) in [6.07, 6.45) is 17.2. The number of hydrogen-bond donors (Lipinski definition) is 0. The lowest BCUT2D eigenvalue weighted by Crippen LogP contribution is -1.78. The molecule has 120 valence electrons. The van der Waals surface area contributed by atoms with Crippen LogP contribution in [-0.4, -0.2) is 24.6 Å². The van der Waals surface area contributed by atoms with E-state index in [-0.39, 0.29) is 7.43 Å². The molecule has 0 aromatic heterocycles. The first-order valence-electron chi connectivity index (χ1n) is 8.24. The van der Waals surface area contributed by atoms with Gasteiger partial charge in [0.2, 0.25) is 0 Å². The lowest BCUT2D eigenvalue weighted by Gasteiger charge is -1.96. The zero-order valence-corrected chi connectivity index (χ0v) is 15.5. The second-order valence-corrected chi connectivity index (χ2v) is 7.91. The monoisotopic (exact) mass is 308 g/mol. The van der Waals surface area contributed by atoms with Crippen molar-refractivity contribution in [2.24, 2.45) is 0 Å². The highest BCUT2D eigenvalue weighted by molar-refractivity contribution is 7.38. The summed E-state index contributed by atoms with van der Waals surface area (Å²) in [7, 11) is 2.49. The average Bonchev–Trinajstić information content (AvgIpc) is 2.39. The fourth-order valence-corrected chi connectivity index (χ4v) is 4.37. The summed E-state index contributed by atoms with van der Waals surface area (Å²) < 4.78 is 0. The molecule has 0 unspecified atom stereocenters. The highest BCUT2D eigenvalue weighted by Crippen LogP contribution is 2.14. The molecule has 0 heterocycles. The van der Waals surface area contributed by atoms with E-state index in [9.17, 15) is 0 Å². The minimum atomic E-state index is 0. The Bertz CT molecular complexity index is 89.8. The van der Waals surface area contributed by atoms with Crippen LogP contribution in [0.2, 0.25) is 0 Å². The van der Waals surface area contributed by atoms with Crippen LogP contribution in [0, 0.1) is 0 Å². The van der Waals surface area contributed by atoms with E-state index in [1.165, 1.54) is 93.2 Å². The van der Waals surface area contributed by atoms with Gasteiger partial charge in [0.25, 0.3) is 0 Å². The highest BCUT2D eigenvalue weighted by Gasteiger charge is 1.86. The largest absolute Gasteiger partial charge is 0.122 e. The van der Waals surface area contributed by atoms with Crippen LogP contribution in [0.5, 0.6) is 0 Å². The quantitative estimate of drug-likeness (QED) is 0.265. The van der Waals surface area contributed by atoms with E-state index in [1.54, 1.807) is 0 Å². The molecular weight excluding hydrogens is 266 g/mol. The van der Waals surface area contributed by atoms with Gasteiger partial charge in [-0.1, -0.05) is 60.8 Å². The molecule has 0 amide bonds. The molecule has 0 rings (SSSR count). The van der Waals surface area contributed by atoms with E-state index in [0.717, 1.165) is 0 Å². The van der Waals surface area contributed by atoms with E-state index in [2.05, 4.69) is 27.7 Å². The van der Waals surface area contributed by atoms with Gasteiger partial charge in [0.15, 0.2) is 0 Å². The minimum absolute atomic E-state index is 0. The molecule has 0 atom stereocenters. The molecule has 0 radical (unpaired) electrons. The minimum Gasteiger partial charge on any atom is -0.122 e. The number of unbranched alkanes of at least 4 members (excludes halogenated alkanes) is 4. The fourth-order valence-electron chi connectivity index (χ4n) is 1.46. The lowest BCUT2D eigenvalue weighted by atomic mass is 10.4. The first-order valence-corrected chi connectivity index (χ1v) is 11.1. The summed E-state index contributed by atoms with van der Waals surface area (Å²) in [5.41, 5.74) is 0. The van der Waals surface area contributed by atoms with Gasteiger partial charge in [-0.05, 0) is 50.3 Å². The molecule has 0 aromatic rings. The van der Waals surface area contributed by atoms with E-state index in [0.29, 0.717) is 0 Å². The molecule has 19 heavy (non-hydrogen) atoms. The van der Waals surface area contributed by atoms with Crippen LogP contribution >= 0.6 is 17.2 Å². The van der Waals surface area contributed by atoms with E-state index < -0.39 is 0 Å². The van der Waals surface area contributed by atoms with Gasteiger partial charge in [-0.2, -0.15) is 0 Å². The fraction of sp³-hybridized carbons (Fsp3) is 1.00. The van der Waals surface area contributed by atoms with Crippen LogP contribution in [0.1, 0.15) is 86.5 Å². The van der Waals surface area contributed by atoms with Crippen molar-refractivity contribution in [1.82, 2.24) is 0 Å². The molecule has 2 heteroatoms. The summed E-state index contributed by atoms with van der Waals surface area (Å²) >= 11 is 0. The van der Waals surface area contributed by atoms with E-state index >= 15 is 0 Å². The average molecular weight is 308 g/mol. The maximum atomic E-state index is 2.27. The normalized spacial score (nSPS) is 9.47. The maximum absolute atomic E-state index is 2.27. The highest BCUT2D eigenvalue weighted by atomic mass is 31.1. The third-order valence-corrected chi connectivity index (χ3v) is 5.66. The van der Waals surface area contributed by atoms with Crippen LogP contribution in [-0.2, 0) is 0 Å². The van der Waals surface area contributed by atoms with Gasteiger partial charge in [0.05, 0.1) is 0 Å². The van der Waals surface area contributed by atoms with Gasteiger partial charge in [-0.15, -0.1) is 17.2 Å². The first kappa shape index (κ1) is 24.9. The van der Waals surface area contributed by atoms with Crippen molar-refractivity contribution in [3.8, 4) is 0 Å². The Morgan fingerprint density at radius 3 is 0.842 bits per heavy atom. The molecule has 0 aliphatic heterocycles. The molecule has 0 aromatic carbocycles. The Labute approximate surface area is 128 Å². The van der Waals surface area contributed by atoms with Gasteiger partial charge in [0.1, 0.15) is 0 Å². The first-order chi connectivity index (χ1) is 8.83. The standard InChI is InChI=1S/2C8H19P.CH4/c2*1-3-5-7-9-8-6-4-2;/h2*9H,3-8H2,1-2H3;1H4. The lowest BCUT2D eigenvalue weighted by molar-refractivity contribution is 0.874. The second-order valence-electron chi connectivity index (χ2n) is 4.91. The Kier molecular flexibility index (Phi) is 35.6. The summed E-state index contributed by atoms with van der Waals surface area (Å²) in [5.74, 6) is 0. The summed E-state index contributed by atoms with van der Waals surface area (Å²) in [5, 5.41) is 0. The van der Waals surface area contributed by atoms with Crippen molar-refractivity contribution in [2.75, 3.05) is 24.6 Å². The third kappa shape index (κ3) is 32.4. The maximum Gasteiger partial charge on any atom is -0.0354 e. The van der Waals surface area contributed by atoms with Crippen LogP contribution in [0.3, 0.4) is 0 Å². The van der Waals surface area contributed by atoms with Crippen LogP contribution in [0.4, 0.5) is 0 Å². The van der Waals surface area contributed by atoms with Crippen LogP contribution < -0.4 is 0 Å². The van der Waals surface area contributed by atoms with Gasteiger partial charge in [-0.3, -0.25) is 0 Å². The molecule has 0 saturated heterocycles. The second kappa shape index (κ2) is 27.2. The van der Waals surface area contributed by atoms with Crippen molar-refractivity contribution in [3.05, 3.63) is 0 Å². The van der Waals surface area contributed by atoms with Crippen molar-refractivity contribution in [1.29, 1.82) is 0 Å². The van der Waals surface area contributed by atoms with Crippen molar-refractivity contribution in [2.45, 2.75) is 86.5 Å². The molecule has 0 bridgehead atoms. The summed E-state index contributed by atoms with van der Waals surface area (Å²) in [6, 6.07) is 0. The molecule has 0 nitrogen and oxygen atoms in total. The van der Waals surface area contributed by atoms with Gasteiger partial charge < -0.3 is 0 Å². The molecule has 0 spiro atoms. The Balaban J connectivity index is -0.000000256. The molecule has 0 aliphatic carbocycles. The zero-order chi connectivity index (χ0) is 13.9.